The molecule has 1 fully saturated rings. The van der Waals surface area contributed by atoms with Crippen LogP contribution < -0.4 is 5.32 Å². The van der Waals surface area contributed by atoms with E-state index in [-0.39, 0.29) is 10.9 Å². The molecule has 0 spiro atoms. The summed E-state index contributed by atoms with van der Waals surface area (Å²) in [6.45, 7) is 2.73. The Morgan fingerprint density at radius 2 is 2.32 bits per heavy atom. The number of nitrogens with zero attached hydrogens (tertiary/aromatic N) is 1. The number of nitrogens with one attached hydrogen (secondary N) is 1. The number of ether oxygens (including phenoxy) is 1. The number of rotatable bonds is 6. The monoisotopic (exact) mass is 282 g/mol. The molecule has 6 heteroatoms. The van der Waals surface area contributed by atoms with Crippen molar-refractivity contribution >= 4 is 23.2 Å². The van der Waals surface area contributed by atoms with Gasteiger partial charge in [0, 0.05) is 6.54 Å². The highest BCUT2D eigenvalue weighted by Gasteiger charge is 2.18. The third-order valence-electron chi connectivity index (χ3n) is 3.24. The lowest BCUT2D eigenvalue weighted by Crippen LogP contribution is -2.26. The van der Waals surface area contributed by atoms with Crippen LogP contribution >= 0.6 is 11.3 Å². The van der Waals surface area contributed by atoms with Gasteiger partial charge in [-0.3, -0.25) is 4.79 Å². The van der Waals surface area contributed by atoms with Crippen LogP contribution in [0.4, 0.5) is 0 Å². The number of hydrogen-bond donors (Lipinski definition) is 1. The molecule has 19 heavy (non-hydrogen) atoms. The van der Waals surface area contributed by atoms with Crippen LogP contribution in [-0.2, 0) is 4.74 Å². The normalized spacial score (nSPS) is 14.8. The first-order valence-corrected chi connectivity index (χ1v) is 7.43. The summed E-state index contributed by atoms with van der Waals surface area (Å²) < 4.78 is 4.83. The summed E-state index contributed by atoms with van der Waals surface area (Å²) in [7, 11) is 0. The van der Waals surface area contributed by atoms with Gasteiger partial charge in [0.05, 0.1) is 12.8 Å². The molecule has 1 aliphatic rings. The Balaban J connectivity index is 1.79. The van der Waals surface area contributed by atoms with Crippen molar-refractivity contribution in [1.29, 1.82) is 0 Å². The quantitative estimate of drug-likeness (QED) is 0.812. The maximum atomic E-state index is 11.8. The molecular weight excluding hydrogens is 264 g/mol. The van der Waals surface area contributed by atoms with Gasteiger partial charge < -0.3 is 10.1 Å². The standard InChI is InChI=1S/C13H18N2O3S/c1-2-18-13(17)12-15-8-10(19-12)11(16)14-7-6-9-4-3-5-9/h8-9H,2-7H2,1H3,(H,14,16). The van der Waals surface area contributed by atoms with Crippen molar-refractivity contribution in [3.05, 3.63) is 16.1 Å². The lowest BCUT2D eigenvalue weighted by molar-refractivity contribution is 0.0526. The molecular formula is C13H18N2O3S. The van der Waals surface area contributed by atoms with Gasteiger partial charge >= 0.3 is 5.97 Å². The van der Waals surface area contributed by atoms with Gasteiger partial charge in [-0.2, -0.15) is 0 Å². The minimum atomic E-state index is -0.471. The van der Waals surface area contributed by atoms with E-state index in [1.54, 1.807) is 6.92 Å². The summed E-state index contributed by atoms with van der Waals surface area (Å²) >= 11 is 1.07. The van der Waals surface area contributed by atoms with Crippen LogP contribution in [0.3, 0.4) is 0 Å². The maximum absolute atomic E-state index is 11.8. The Morgan fingerprint density at radius 1 is 1.53 bits per heavy atom. The summed E-state index contributed by atoms with van der Waals surface area (Å²) in [4.78, 5) is 27.6. The zero-order valence-electron chi connectivity index (χ0n) is 11.0. The number of esters is 1. The lowest BCUT2D eigenvalue weighted by atomic mass is 9.83. The molecule has 1 N–H and O–H groups in total. The smallest absolute Gasteiger partial charge is 0.367 e. The fraction of sp³-hybridized carbons (Fsp3) is 0.615. The molecule has 2 rings (SSSR count). The third-order valence-corrected chi connectivity index (χ3v) is 4.22. The molecule has 1 heterocycles. The van der Waals surface area contributed by atoms with Crippen LogP contribution in [0.15, 0.2) is 6.20 Å². The van der Waals surface area contributed by atoms with Gasteiger partial charge in [-0.15, -0.1) is 11.3 Å². The Labute approximate surface area is 116 Å². The number of aromatic nitrogens is 1. The molecule has 0 unspecified atom stereocenters. The molecule has 1 saturated carbocycles. The Morgan fingerprint density at radius 3 is 2.95 bits per heavy atom. The van der Waals surface area contributed by atoms with Crippen molar-refractivity contribution < 1.29 is 14.3 Å². The number of carbonyl (C=O) groups is 2. The van der Waals surface area contributed by atoms with Gasteiger partial charge in [-0.1, -0.05) is 19.3 Å². The van der Waals surface area contributed by atoms with Crippen LogP contribution in [0.2, 0.25) is 0 Å². The minimum absolute atomic E-state index is 0.160. The third kappa shape index (κ3) is 3.76. The van der Waals surface area contributed by atoms with E-state index in [4.69, 9.17) is 4.74 Å². The number of amides is 1. The SMILES string of the molecule is CCOC(=O)c1ncc(C(=O)NCCC2CCC2)s1. The van der Waals surface area contributed by atoms with Gasteiger partial charge in [0.2, 0.25) is 5.01 Å². The average molecular weight is 282 g/mol. The molecule has 1 aromatic rings. The van der Waals surface area contributed by atoms with E-state index in [1.165, 1.54) is 25.5 Å². The lowest BCUT2D eigenvalue weighted by Gasteiger charge is -2.24. The molecule has 1 amide bonds. The highest BCUT2D eigenvalue weighted by molar-refractivity contribution is 7.15. The van der Waals surface area contributed by atoms with Crippen LogP contribution in [0.5, 0.6) is 0 Å². The summed E-state index contributed by atoms with van der Waals surface area (Å²) in [6.07, 6.45) is 6.34. The summed E-state index contributed by atoms with van der Waals surface area (Å²) in [5.41, 5.74) is 0. The van der Waals surface area contributed by atoms with Crippen molar-refractivity contribution in [3.8, 4) is 0 Å². The molecule has 0 saturated heterocycles. The molecule has 104 valence electrons. The predicted octanol–water partition coefficient (Wildman–Crippen LogP) is 2.24. The van der Waals surface area contributed by atoms with Crippen LogP contribution in [0.25, 0.3) is 0 Å². The summed E-state index contributed by atoms with van der Waals surface area (Å²) in [5.74, 6) is 0.144. The van der Waals surface area contributed by atoms with Crippen LogP contribution in [0.1, 0.15) is 52.1 Å². The van der Waals surface area contributed by atoms with Gasteiger partial charge in [-0.25, -0.2) is 9.78 Å². The Bertz CT molecular complexity index is 454. The van der Waals surface area contributed by atoms with E-state index >= 15 is 0 Å². The fourth-order valence-corrected chi connectivity index (χ4v) is 2.65. The summed E-state index contributed by atoms with van der Waals surface area (Å²) in [6, 6.07) is 0. The van der Waals surface area contributed by atoms with E-state index in [0.717, 1.165) is 23.7 Å². The van der Waals surface area contributed by atoms with Crippen molar-refractivity contribution in [2.75, 3.05) is 13.2 Å². The van der Waals surface area contributed by atoms with Crippen LogP contribution in [0, 0.1) is 5.92 Å². The molecule has 1 aromatic heterocycles. The maximum Gasteiger partial charge on any atom is 0.367 e. The largest absolute Gasteiger partial charge is 0.461 e. The predicted molar refractivity (Wildman–Crippen MR) is 72.4 cm³/mol. The van der Waals surface area contributed by atoms with E-state index in [1.807, 2.05) is 0 Å². The van der Waals surface area contributed by atoms with Gasteiger partial charge in [-0.05, 0) is 19.3 Å². The highest BCUT2D eigenvalue weighted by atomic mass is 32.1. The highest BCUT2D eigenvalue weighted by Crippen LogP contribution is 2.28. The molecule has 0 radical (unpaired) electrons. The molecule has 1 aliphatic carbocycles. The van der Waals surface area contributed by atoms with Gasteiger partial charge in [0.15, 0.2) is 0 Å². The van der Waals surface area contributed by atoms with Gasteiger partial charge in [0.1, 0.15) is 4.88 Å². The zero-order chi connectivity index (χ0) is 13.7. The van der Waals surface area contributed by atoms with E-state index < -0.39 is 5.97 Å². The van der Waals surface area contributed by atoms with E-state index in [2.05, 4.69) is 10.3 Å². The second-order valence-corrected chi connectivity index (χ2v) is 5.62. The minimum Gasteiger partial charge on any atom is -0.461 e. The van der Waals surface area contributed by atoms with E-state index in [0.29, 0.717) is 18.0 Å². The summed E-state index contributed by atoms with van der Waals surface area (Å²) in [5, 5.41) is 3.09. The Kier molecular flexibility index (Phi) is 4.90. The molecule has 0 aliphatic heterocycles. The first-order valence-electron chi connectivity index (χ1n) is 6.62. The number of thiazole rings is 1. The molecule has 0 aromatic carbocycles. The second-order valence-electron chi connectivity index (χ2n) is 4.59. The molecule has 0 atom stereocenters. The number of carbonyl (C=O) groups excluding carboxylic acids is 2. The van der Waals surface area contributed by atoms with Crippen molar-refractivity contribution in [1.82, 2.24) is 10.3 Å². The first-order chi connectivity index (χ1) is 9.20. The zero-order valence-corrected chi connectivity index (χ0v) is 11.8. The molecule has 5 nitrogen and oxygen atoms in total. The van der Waals surface area contributed by atoms with Gasteiger partial charge in [0.25, 0.3) is 5.91 Å². The average Bonchev–Trinajstić information content (AvgIpc) is 2.82. The van der Waals surface area contributed by atoms with Crippen LogP contribution in [-0.4, -0.2) is 30.0 Å². The van der Waals surface area contributed by atoms with E-state index in [9.17, 15) is 9.59 Å². The fourth-order valence-electron chi connectivity index (χ4n) is 1.92. The topological polar surface area (TPSA) is 68.3 Å². The first kappa shape index (κ1) is 14.0. The van der Waals surface area contributed by atoms with Crippen molar-refractivity contribution in [2.24, 2.45) is 5.92 Å². The number of hydrogen-bond acceptors (Lipinski definition) is 5. The van der Waals surface area contributed by atoms with Crippen molar-refractivity contribution in [3.63, 3.8) is 0 Å². The van der Waals surface area contributed by atoms with Crippen molar-refractivity contribution in [2.45, 2.75) is 32.6 Å². The second kappa shape index (κ2) is 6.65. The Hall–Kier alpha value is -1.43. The molecule has 0 bridgehead atoms.